The predicted octanol–water partition coefficient (Wildman–Crippen LogP) is 13.4. The van der Waals surface area contributed by atoms with Gasteiger partial charge in [0, 0.05) is 6.42 Å². The molecule has 0 saturated carbocycles. The quantitative estimate of drug-likeness (QED) is 0.0328. The number of carbonyl (C=O) groups is 2. The first-order valence-corrected chi connectivity index (χ1v) is 23.4. The van der Waals surface area contributed by atoms with Crippen LogP contribution in [0.2, 0.25) is 0 Å². The van der Waals surface area contributed by atoms with Crippen LogP contribution in [-0.2, 0) is 14.3 Å². The Morgan fingerprint density at radius 3 is 1.38 bits per heavy atom. The molecule has 0 aromatic rings. The van der Waals surface area contributed by atoms with Gasteiger partial charge in [0.15, 0.2) is 0 Å². The maximum Gasteiger partial charge on any atom is 0.306 e. The molecule has 0 heterocycles. The Labute approximate surface area is 329 Å². The number of carbonyl (C=O) groups excluding carboxylic acids is 2. The highest BCUT2D eigenvalue weighted by Gasteiger charge is 2.24. The van der Waals surface area contributed by atoms with Crippen molar-refractivity contribution in [3.8, 4) is 0 Å². The number of rotatable bonds is 42. The molecular weight excluding hydrogens is 659 g/mol. The van der Waals surface area contributed by atoms with Crippen LogP contribution in [0.1, 0.15) is 252 Å². The van der Waals surface area contributed by atoms with Gasteiger partial charge in [-0.05, 0) is 51.4 Å². The molecule has 1 amide bonds. The average Bonchev–Trinajstić information content (AvgIpc) is 3.15. The van der Waals surface area contributed by atoms with Crippen molar-refractivity contribution in [2.45, 2.75) is 270 Å². The monoisotopic (exact) mass is 750 g/mol. The van der Waals surface area contributed by atoms with E-state index in [1.807, 2.05) is 0 Å². The Balaban J connectivity index is 4.53. The Bertz CT molecular complexity index is 802. The van der Waals surface area contributed by atoms with Crippen LogP contribution in [0.25, 0.3) is 0 Å². The molecule has 0 bridgehead atoms. The van der Waals surface area contributed by atoms with Crippen molar-refractivity contribution in [2.75, 3.05) is 6.61 Å². The number of aliphatic hydroxyl groups is 2. The SMILES string of the molecule is CCCCC/C=C\CCCCCC(CC(=O)NC(CO)C(O)CCCCCCCCCCCC)OC(=O)CCCCCCCCCCCCCCCC. The first-order valence-electron chi connectivity index (χ1n) is 23.4. The van der Waals surface area contributed by atoms with Crippen molar-refractivity contribution < 1.29 is 24.5 Å². The second-order valence-corrected chi connectivity index (χ2v) is 16.2. The molecule has 0 aliphatic heterocycles. The van der Waals surface area contributed by atoms with Gasteiger partial charge in [-0.1, -0.05) is 200 Å². The number of hydrogen-bond donors (Lipinski definition) is 3. The third-order valence-corrected chi connectivity index (χ3v) is 10.8. The van der Waals surface area contributed by atoms with Gasteiger partial charge in [-0.15, -0.1) is 0 Å². The van der Waals surface area contributed by atoms with Crippen LogP contribution in [0.3, 0.4) is 0 Å². The van der Waals surface area contributed by atoms with E-state index >= 15 is 0 Å². The minimum absolute atomic E-state index is 0.0727. The van der Waals surface area contributed by atoms with Crippen molar-refractivity contribution in [1.29, 1.82) is 0 Å². The highest BCUT2D eigenvalue weighted by atomic mass is 16.5. The molecule has 0 aliphatic carbocycles. The summed E-state index contributed by atoms with van der Waals surface area (Å²) >= 11 is 0. The van der Waals surface area contributed by atoms with Crippen molar-refractivity contribution in [2.24, 2.45) is 0 Å². The fraction of sp³-hybridized carbons (Fsp3) is 0.915. The molecule has 0 radical (unpaired) electrons. The molecule has 314 valence electrons. The van der Waals surface area contributed by atoms with Gasteiger partial charge in [0.1, 0.15) is 6.10 Å². The first kappa shape index (κ1) is 51.6. The molecule has 6 heteroatoms. The smallest absolute Gasteiger partial charge is 0.306 e. The number of allylic oxidation sites excluding steroid dienone is 2. The lowest BCUT2D eigenvalue weighted by atomic mass is 10.0. The molecule has 3 atom stereocenters. The molecule has 3 N–H and O–H groups in total. The lowest BCUT2D eigenvalue weighted by Crippen LogP contribution is -2.46. The summed E-state index contributed by atoms with van der Waals surface area (Å²) in [6.45, 7) is 6.44. The number of hydrogen-bond acceptors (Lipinski definition) is 5. The number of esters is 1. The van der Waals surface area contributed by atoms with Gasteiger partial charge in [-0.25, -0.2) is 0 Å². The summed E-state index contributed by atoms with van der Waals surface area (Å²) in [5.74, 6) is -0.480. The standard InChI is InChI=1S/C47H91NO5/c1-4-7-10-13-16-19-22-23-24-25-28-31-34-37-40-47(52)53-43(38-35-32-29-26-20-17-14-11-8-5-2)41-46(51)48-44(42-49)45(50)39-36-33-30-27-21-18-15-12-9-6-3/h17,20,43-45,49-50H,4-16,18-19,21-42H2,1-3H3,(H,48,51)/b20-17-. The van der Waals surface area contributed by atoms with Crippen molar-refractivity contribution in [3.05, 3.63) is 12.2 Å². The van der Waals surface area contributed by atoms with E-state index in [9.17, 15) is 19.8 Å². The molecule has 0 saturated heterocycles. The molecule has 53 heavy (non-hydrogen) atoms. The second-order valence-electron chi connectivity index (χ2n) is 16.2. The fourth-order valence-corrected chi connectivity index (χ4v) is 7.25. The van der Waals surface area contributed by atoms with E-state index in [0.717, 1.165) is 70.6 Å². The van der Waals surface area contributed by atoms with E-state index in [4.69, 9.17) is 4.74 Å². The zero-order chi connectivity index (χ0) is 38.9. The van der Waals surface area contributed by atoms with Gasteiger partial charge in [0.25, 0.3) is 0 Å². The average molecular weight is 750 g/mol. The maximum absolute atomic E-state index is 13.1. The van der Waals surface area contributed by atoms with Gasteiger partial charge in [-0.3, -0.25) is 9.59 Å². The Hall–Kier alpha value is -1.40. The highest BCUT2D eigenvalue weighted by Crippen LogP contribution is 2.18. The van der Waals surface area contributed by atoms with Crippen LogP contribution in [0.15, 0.2) is 12.2 Å². The van der Waals surface area contributed by atoms with Crippen LogP contribution in [0.4, 0.5) is 0 Å². The largest absolute Gasteiger partial charge is 0.462 e. The van der Waals surface area contributed by atoms with Gasteiger partial charge in [0.05, 0.1) is 25.2 Å². The Morgan fingerprint density at radius 2 is 0.906 bits per heavy atom. The highest BCUT2D eigenvalue weighted by molar-refractivity contribution is 5.77. The van der Waals surface area contributed by atoms with Crippen LogP contribution >= 0.6 is 0 Å². The van der Waals surface area contributed by atoms with Crippen molar-refractivity contribution in [3.63, 3.8) is 0 Å². The fourth-order valence-electron chi connectivity index (χ4n) is 7.25. The number of unbranched alkanes of at least 4 members (excludes halogenated alkanes) is 28. The van der Waals surface area contributed by atoms with Crippen LogP contribution < -0.4 is 5.32 Å². The van der Waals surface area contributed by atoms with E-state index in [1.54, 1.807) is 0 Å². The number of amides is 1. The summed E-state index contributed by atoms with van der Waals surface area (Å²) in [6.07, 6.45) is 44.1. The summed E-state index contributed by atoms with van der Waals surface area (Å²) in [6, 6.07) is -0.697. The molecule has 3 unspecified atom stereocenters. The minimum atomic E-state index is -0.783. The third kappa shape index (κ3) is 37.3. The molecule has 0 aromatic heterocycles. The molecule has 0 rings (SSSR count). The lowest BCUT2D eigenvalue weighted by molar-refractivity contribution is -0.151. The summed E-state index contributed by atoms with van der Waals surface area (Å²) in [5.41, 5.74) is 0. The molecule has 0 fully saturated rings. The van der Waals surface area contributed by atoms with Crippen LogP contribution in [-0.4, -0.2) is 46.9 Å². The molecule has 0 aromatic carbocycles. The third-order valence-electron chi connectivity index (χ3n) is 10.8. The van der Waals surface area contributed by atoms with Crippen molar-refractivity contribution in [1.82, 2.24) is 5.32 Å². The number of ether oxygens (including phenoxy) is 1. The zero-order valence-electron chi connectivity index (χ0n) is 35.7. The Kier molecular flexibility index (Phi) is 40.7. The summed E-state index contributed by atoms with van der Waals surface area (Å²) in [5, 5.41) is 23.6. The first-order chi connectivity index (χ1) is 26.0. The summed E-state index contributed by atoms with van der Waals surface area (Å²) in [4.78, 5) is 25.9. The van der Waals surface area contributed by atoms with Gasteiger partial charge < -0.3 is 20.3 Å². The van der Waals surface area contributed by atoms with E-state index < -0.39 is 18.2 Å². The van der Waals surface area contributed by atoms with E-state index in [0.29, 0.717) is 19.3 Å². The summed E-state index contributed by atoms with van der Waals surface area (Å²) in [7, 11) is 0. The van der Waals surface area contributed by atoms with E-state index in [2.05, 4.69) is 38.2 Å². The molecule has 0 aliphatic rings. The van der Waals surface area contributed by atoms with E-state index in [-0.39, 0.29) is 24.9 Å². The topological polar surface area (TPSA) is 95.9 Å². The Morgan fingerprint density at radius 1 is 0.528 bits per heavy atom. The van der Waals surface area contributed by atoms with Gasteiger partial charge >= 0.3 is 5.97 Å². The molecule has 0 spiro atoms. The minimum Gasteiger partial charge on any atom is -0.462 e. The lowest BCUT2D eigenvalue weighted by Gasteiger charge is -2.24. The van der Waals surface area contributed by atoms with Crippen molar-refractivity contribution >= 4 is 11.9 Å². The second kappa shape index (κ2) is 41.8. The van der Waals surface area contributed by atoms with Crippen LogP contribution in [0.5, 0.6) is 0 Å². The number of nitrogens with one attached hydrogen (secondary N) is 1. The normalized spacial score (nSPS) is 13.4. The van der Waals surface area contributed by atoms with Gasteiger partial charge in [0.2, 0.25) is 5.91 Å². The van der Waals surface area contributed by atoms with Crippen LogP contribution in [0, 0.1) is 0 Å². The summed E-state index contributed by atoms with van der Waals surface area (Å²) < 4.78 is 5.89. The molecular formula is C47H91NO5. The predicted molar refractivity (Wildman–Crippen MR) is 227 cm³/mol. The zero-order valence-corrected chi connectivity index (χ0v) is 35.7. The number of aliphatic hydroxyl groups excluding tert-OH is 2. The van der Waals surface area contributed by atoms with Gasteiger partial charge in [-0.2, -0.15) is 0 Å². The van der Waals surface area contributed by atoms with E-state index in [1.165, 1.54) is 135 Å². The molecule has 6 nitrogen and oxygen atoms in total. The maximum atomic E-state index is 13.1.